The van der Waals surface area contributed by atoms with Crippen LogP contribution in [0.15, 0.2) is 36.7 Å². The largest absolute Gasteiger partial charge is 1.00 e. The molecule has 3 aromatic rings. The number of rotatable bonds is 4. The molecular weight excluding hydrogens is 345 g/mol. The average Bonchev–Trinajstić information content (AvgIpc) is 2.83. The monoisotopic (exact) mass is 367 g/mol. The van der Waals surface area contributed by atoms with Crippen LogP contribution in [0.3, 0.4) is 0 Å². The fourth-order valence-corrected chi connectivity index (χ4v) is 2.51. The van der Waals surface area contributed by atoms with Gasteiger partial charge in [0.05, 0.1) is 5.52 Å². The van der Waals surface area contributed by atoms with Crippen LogP contribution in [0.4, 0.5) is 11.5 Å². The zero-order valence-electron chi connectivity index (χ0n) is 14.1. The molecule has 0 aliphatic heterocycles. The number of pyridine rings is 2. The summed E-state index contributed by atoms with van der Waals surface area (Å²) in [6.45, 7) is 4.94. The van der Waals surface area contributed by atoms with Gasteiger partial charge in [0.2, 0.25) is 0 Å². The fraction of sp³-hybridized carbons (Fsp3) is 0.294. The molecule has 0 spiro atoms. The molecule has 0 amide bonds. The number of nitrogens with zero attached hydrogens (tertiary/aromatic N) is 3. The first kappa shape index (κ1) is 20.1. The van der Waals surface area contributed by atoms with Crippen LogP contribution in [0.25, 0.3) is 5.52 Å². The number of nitrogens with two attached hydrogens (primary N) is 1. The molecule has 24 heavy (non-hydrogen) atoms. The quantitative estimate of drug-likeness (QED) is 0.607. The molecule has 5 nitrogen and oxygen atoms in total. The summed E-state index contributed by atoms with van der Waals surface area (Å²) in [5.74, 6) is 0.759. The molecule has 0 aliphatic carbocycles. The third kappa shape index (κ3) is 3.91. The van der Waals surface area contributed by atoms with E-state index in [-0.39, 0.29) is 24.8 Å². The first-order valence-corrected chi connectivity index (χ1v) is 7.48. The summed E-state index contributed by atoms with van der Waals surface area (Å²) in [4.78, 5) is 0. The molecule has 0 unspecified atom stereocenters. The highest BCUT2D eigenvalue weighted by molar-refractivity contribution is 5.85. The Morgan fingerprint density at radius 1 is 1.17 bits per heavy atom. The van der Waals surface area contributed by atoms with Crippen LogP contribution in [0.1, 0.15) is 16.8 Å². The maximum absolute atomic E-state index is 6.21. The second kappa shape index (κ2) is 8.22. The van der Waals surface area contributed by atoms with Crippen LogP contribution in [0.5, 0.6) is 0 Å². The fourth-order valence-electron chi connectivity index (χ4n) is 2.51. The van der Waals surface area contributed by atoms with Gasteiger partial charge in [-0.05, 0) is 37.5 Å². The Balaban J connectivity index is 0.00000144. The molecule has 3 N–H and O–H groups in total. The van der Waals surface area contributed by atoms with E-state index in [9.17, 15) is 0 Å². The third-order valence-corrected chi connectivity index (χ3v) is 4.09. The highest BCUT2D eigenvalue weighted by Crippen LogP contribution is 2.25. The van der Waals surface area contributed by atoms with E-state index in [0.717, 1.165) is 30.0 Å². The van der Waals surface area contributed by atoms with Crippen molar-refractivity contribution in [2.75, 3.05) is 17.6 Å². The topological polar surface area (TPSA) is 59.2 Å². The summed E-state index contributed by atoms with van der Waals surface area (Å²) in [6.07, 6.45) is 5.05. The summed E-state index contributed by atoms with van der Waals surface area (Å²) < 4.78 is 3.94. The van der Waals surface area contributed by atoms with Crippen molar-refractivity contribution in [2.24, 2.45) is 7.05 Å². The SMILES string of the molecule is Cc1ccc2c(N)c(NCCc3cc[n+](C)cc3)nn2c1C.Cl.[Cl-]. The number of hydrogen-bond acceptors (Lipinski definition) is 3. The van der Waals surface area contributed by atoms with Crippen molar-refractivity contribution in [3.05, 3.63) is 53.5 Å². The van der Waals surface area contributed by atoms with Crippen molar-refractivity contribution in [1.82, 2.24) is 9.61 Å². The summed E-state index contributed by atoms with van der Waals surface area (Å²) in [5.41, 5.74) is 11.5. The molecule has 0 fully saturated rings. The van der Waals surface area contributed by atoms with E-state index in [0.29, 0.717) is 5.69 Å². The standard InChI is InChI=1S/C17H22N5.2ClH/c1-12-4-5-15-16(18)17(20-22(15)13(12)2)19-9-6-14-7-10-21(3)11-8-14;;/h4-5,7-8,10-11H,6,9,18H2,1-3H3,(H,19,20);2*1H/q+1;;/p-1. The number of nitrogen functional groups attached to an aromatic ring is 1. The summed E-state index contributed by atoms with van der Waals surface area (Å²) in [7, 11) is 2.02. The predicted molar refractivity (Wildman–Crippen MR) is 96.1 cm³/mol. The number of aromatic nitrogens is 3. The number of fused-ring (bicyclic) bond motifs is 1. The second-order valence-corrected chi connectivity index (χ2v) is 5.71. The summed E-state index contributed by atoms with van der Waals surface area (Å²) in [6, 6.07) is 8.36. The lowest BCUT2D eigenvalue weighted by Gasteiger charge is -2.03. The predicted octanol–water partition coefficient (Wildman–Crippen LogP) is -0.562. The Bertz CT molecular complexity index is 812. The van der Waals surface area contributed by atoms with Crippen molar-refractivity contribution in [2.45, 2.75) is 20.3 Å². The van der Waals surface area contributed by atoms with Gasteiger partial charge in [0.15, 0.2) is 18.2 Å². The van der Waals surface area contributed by atoms with Gasteiger partial charge in [-0.15, -0.1) is 17.5 Å². The first-order chi connectivity index (χ1) is 10.6. The van der Waals surface area contributed by atoms with Gasteiger partial charge in [0.25, 0.3) is 0 Å². The van der Waals surface area contributed by atoms with Crippen molar-refractivity contribution < 1.29 is 17.0 Å². The van der Waals surface area contributed by atoms with Gasteiger partial charge in [-0.1, -0.05) is 6.07 Å². The number of aryl methyl sites for hydroxylation is 3. The number of nitrogens with one attached hydrogen (secondary N) is 1. The van der Waals surface area contributed by atoms with Crippen LogP contribution in [-0.2, 0) is 13.5 Å². The van der Waals surface area contributed by atoms with Crippen LogP contribution < -0.4 is 28.0 Å². The van der Waals surface area contributed by atoms with Gasteiger partial charge in [-0.3, -0.25) is 0 Å². The molecule has 3 heterocycles. The smallest absolute Gasteiger partial charge is 0.172 e. The Morgan fingerprint density at radius 2 is 1.83 bits per heavy atom. The van der Waals surface area contributed by atoms with Gasteiger partial charge in [-0.25, -0.2) is 9.08 Å². The van der Waals surface area contributed by atoms with E-state index < -0.39 is 0 Å². The van der Waals surface area contributed by atoms with E-state index in [4.69, 9.17) is 5.73 Å². The number of halogens is 2. The minimum Gasteiger partial charge on any atom is -1.00 e. The lowest BCUT2D eigenvalue weighted by atomic mass is 10.2. The molecule has 0 saturated carbocycles. The van der Waals surface area contributed by atoms with Gasteiger partial charge in [-0.2, -0.15) is 0 Å². The summed E-state index contributed by atoms with van der Waals surface area (Å²) >= 11 is 0. The molecule has 3 aromatic heterocycles. The Labute approximate surface area is 154 Å². The van der Waals surface area contributed by atoms with Crippen LogP contribution in [0.2, 0.25) is 0 Å². The van der Waals surface area contributed by atoms with Crippen molar-refractivity contribution in [3.8, 4) is 0 Å². The van der Waals surface area contributed by atoms with Crippen LogP contribution in [-0.4, -0.2) is 16.2 Å². The zero-order chi connectivity index (χ0) is 15.7. The molecule has 0 aliphatic rings. The van der Waals surface area contributed by atoms with Crippen molar-refractivity contribution in [1.29, 1.82) is 0 Å². The highest BCUT2D eigenvalue weighted by Gasteiger charge is 2.11. The molecular formula is C17H23Cl2N5. The normalized spacial score (nSPS) is 10.1. The van der Waals surface area contributed by atoms with Gasteiger partial charge < -0.3 is 23.5 Å². The number of hydrogen-bond donors (Lipinski definition) is 2. The minimum absolute atomic E-state index is 0. The second-order valence-electron chi connectivity index (χ2n) is 5.71. The molecule has 0 radical (unpaired) electrons. The average molecular weight is 368 g/mol. The van der Waals surface area contributed by atoms with Crippen molar-refractivity contribution >= 4 is 29.4 Å². The molecule has 0 atom stereocenters. The maximum atomic E-state index is 6.21. The third-order valence-electron chi connectivity index (χ3n) is 4.09. The van der Waals surface area contributed by atoms with E-state index in [2.05, 4.69) is 54.9 Å². The van der Waals surface area contributed by atoms with E-state index in [1.807, 2.05) is 22.2 Å². The lowest BCUT2D eigenvalue weighted by molar-refractivity contribution is -0.671. The van der Waals surface area contributed by atoms with E-state index in [1.54, 1.807) is 0 Å². The summed E-state index contributed by atoms with van der Waals surface area (Å²) in [5, 5.41) is 7.94. The number of anilines is 2. The molecule has 3 rings (SSSR count). The minimum atomic E-state index is 0. The van der Waals surface area contributed by atoms with Crippen LogP contribution >= 0.6 is 12.4 Å². The molecule has 130 valence electrons. The molecule has 0 saturated heterocycles. The molecule has 0 bridgehead atoms. The van der Waals surface area contributed by atoms with E-state index in [1.165, 1.54) is 11.1 Å². The van der Waals surface area contributed by atoms with Crippen LogP contribution in [0, 0.1) is 13.8 Å². The Kier molecular flexibility index (Phi) is 6.87. The Morgan fingerprint density at radius 3 is 2.50 bits per heavy atom. The maximum Gasteiger partial charge on any atom is 0.172 e. The molecule has 7 heteroatoms. The van der Waals surface area contributed by atoms with Gasteiger partial charge >= 0.3 is 0 Å². The molecule has 0 aromatic carbocycles. The van der Waals surface area contributed by atoms with Gasteiger partial charge in [0.1, 0.15) is 12.7 Å². The lowest BCUT2D eigenvalue weighted by Crippen LogP contribution is -3.00. The zero-order valence-corrected chi connectivity index (χ0v) is 15.7. The first-order valence-electron chi connectivity index (χ1n) is 7.48. The van der Waals surface area contributed by atoms with E-state index >= 15 is 0 Å². The Hall–Kier alpha value is -1.98. The van der Waals surface area contributed by atoms with Crippen molar-refractivity contribution in [3.63, 3.8) is 0 Å². The highest BCUT2D eigenvalue weighted by atomic mass is 35.5. The van der Waals surface area contributed by atoms with Gasteiger partial charge in [0, 0.05) is 24.4 Å².